The average molecular weight is 405 g/mol. The number of methoxy groups -OCH3 is 1. The molecule has 10 heteroatoms. The number of nitrogens with one attached hydrogen (secondary N) is 1. The minimum Gasteiger partial charge on any atom is -0.497 e. The second kappa shape index (κ2) is 8.26. The van der Waals surface area contributed by atoms with E-state index in [1.807, 2.05) is 0 Å². The summed E-state index contributed by atoms with van der Waals surface area (Å²) in [5, 5.41) is 10.0. The highest BCUT2D eigenvalue weighted by atomic mass is 32.2. The first-order chi connectivity index (χ1) is 13.4. The normalized spacial score (nSPS) is 11.9. The van der Waals surface area contributed by atoms with E-state index in [0.717, 1.165) is 35.5 Å². The number of halogens is 2. The van der Waals surface area contributed by atoms with Crippen molar-refractivity contribution in [3.63, 3.8) is 0 Å². The number of ether oxygens (including phenoxy) is 1. The van der Waals surface area contributed by atoms with Gasteiger partial charge >= 0.3 is 0 Å². The van der Waals surface area contributed by atoms with Crippen molar-refractivity contribution in [3.05, 3.63) is 54.1 Å². The van der Waals surface area contributed by atoms with Crippen molar-refractivity contribution < 1.29 is 18.3 Å². The molecule has 1 aromatic heterocycles. The van der Waals surface area contributed by atoms with Crippen LogP contribution in [0.1, 0.15) is 6.92 Å². The zero-order valence-electron chi connectivity index (χ0n) is 15.0. The molecule has 2 aromatic carbocycles. The molecule has 0 spiro atoms. The van der Waals surface area contributed by atoms with Gasteiger partial charge in [0.1, 0.15) is 17.4 Å². The monoisotopic (exact) mass is 405 g/mol. The number of amides is 1. The number of benzene rings is 2. The second-order valence-electron chi connectivity index (χ2n) is 5.78. The van der Waals surface area contributed by atoms with E-state index >= 15 is 0 Å². The number of hydrogen-bond acceptors (Lipinski definition) is 6. The molecule has 3 aromatic rings. The lowest BCUT2D eigenvalue weighted by molar-refractivity contribution is -0.115. The summed E-state index contributed by atoms with van der Waals surface area (Å²) in [5.74, 6) is 5.25. The molecule has 3 N–H and O–H groups in total. The van der Waals surface area contributed by atoms with Gasteiger partial charge in [-0.15, -0.1) is 10.2 Å². The molecule has 1 heterocycles. The number of carbonyl (C=O) groups excluding carboxylic acids is 1. The van der Waals surface area contributed by atoms with Gasteiger partial charge in [0.25, 0.3) is 0 Å². The minimum atomic E-state index is -0.726. The van der Waals surface area contributed by atoms with Crippen molar-refractivity contribution in [1.82, 2.24) is 14.9 Å². The maximum atomic E-state index is 13.7. The minimum absolute atomic E-state index is 0.231. The SMILES string of the molecule is COc1ccc(-c2nnc(SC(C)C(=O)Nc3cc(F)ccc3F)n2N)cc1. The molecule has 1 atom stereocenters. The van der Waals surface area contributed by atoms with E-state index in [1.54, 1.807) is 38.3 Å². The third kappa shape index (κ3) is 4.22. The largest absolute Gasteiger partial charge is 0.497 e. The molecule has 0 aliphatic carbocycles. The van der Waals surface area contributed by atoms with Gasteiger partial charge in [-0.2, -0.15) is 0 Å². The van der Waals surface area contributed by atoms with Gasteiger partial charge in [-0.25, -0.2) is 13.5 Å². The topological polar surface area (TPSA) is 95.1 Å². The Balaban J connectivity index is 1.71. The van der Waals surface area contributed by atoms with Crippen LogP contribution in [-0.2, 0) is 4.79 Å². The Hall–Kier alpha value is -3.14. The van der Waals surface area contributed by atoms with Gasteiger partial charge in [-0.1, -0.05) is 11.8 Å². The summed E-state index contributed by atoms with van der Waals surface area (Å²) in [5.41, 5.74) is 0.493. The van der Waals surface area contributed by atoms with Crippen LogP contribution < -0.4 is 15.9 Å². The quantitative estimate of drug-likeness (QED) is 0.483. The van der Waals surface area contributed by atoms with Crippen LogP contribution in [0.3, 0.4) is 0 Å². The predicted molar refractivity (Wildman–Crippen MR) is 102 cm³/mol. The highest BCUT2D eigenvalue weighted by molar-refractivity contribution is 8.00. The molecule has 7 nitrogen and oxygen atoms in total. The number of thioether (sulfide) groups is 1. The van der Waals surface area contributed by atoms with Gasteiger partial charge in [-0.3, -0.25) is 4.79 Å². The van der Waals surface area contributed by atoms with Crippen LogP contribution in [0.2, 0.25) is 0 Å². The first-order valence-corrected chi connectivity index (χ1v) is 9.04. The highest BCUT2D eigenvalue weighted by Crippen LogP contribution is 2.27. The van der Waals surface area contributed by atoms with Crippen molar-refractivity contribution in [3.8, 4) is 17.1 Å². The third-order valence-corrected chi connectivity index (χ3v) is 4.91. The number of anilines is 1. The zero-order chi connectivity index (χ0) is 20.3. The predicted octanol–water partition coefficient (Wildman–Crippen LogP) is 3.07. The Morgan fingerprint density at radius 3 is 2.61 bits per heavy atom. The van der Waals surface area contributed by atoms with Gasteiger partial charge in [0, 0.05) is 11.6 Å². The number of nitrogens with zero attached hydrogens (tertiary/aromatic N) is 3. The molecule has 0 radical (unpaired) electrons. The standard InChI is InChI=1S/C18H17F2N5O2S/c1-10(17(26)22-15-9-12(19)5-8-14(15)20)28-18-24-23-16(25(18)21)11-3-6-13(27-2)7-4-11/h3-10H,21H2,1-2H3,(H,22,26). The summed E-state index contributed by atoms with van der Waals surface area (Å²) in [7, 11) is 1.57. The van der Waals surface area contributed by atoms with Crippen molar-refractivity contribution >= 4 is 23.4 Å². The number of aromatic nitrogens is 3. The smallest absolute Gasteiger partial charge is 0.237 e. The average Bonchev–Trinajstić information content (AvgIpc) is 3.05. The molecular formula is C18H17F2N5O2S. The lowest BCUT2D eigenvalue weighted by Crippen LogP contribution is -2.24. The van der Waals surface area contributed by atoms with E-state index in [9.17, 15) is 13.6 Å². The molecule has 0 aliphatic heterocycles. The lowest BCUT2D eigenvalue weighted by atomic mass is 10.2. The molecular weight excluding hydrogens is 388 g/mol. The summed E-state index contributed by atoms with van der Waals surface area (Å²) in [4.78, 5) is 12.3. The van der Waals surface area contributed by atoms with E-state index < -0.39 is 22.8 Å². The van der Waals surface area contributed by atoms with E-state index in [4.69, 9.17) is 10.6 Å². The number of nitrogen functional groups attached to an aromatic ring is 1. The van der Waals surface area contributed by atoms with E-state index in [1.165, 1.54) is 4.68 Å². The van der Waals surface area contributed by atoms with Crippen LogP contribution in [0, 0.1) is 11.6 Å². The Morgan fingerprint density at radius 2 is 1.93 bits per heavy atom. The molecule has 1 amide bonds. The van der Waals surface area contributed by atoms with E-state index in [0.29, 0.717) is 16.7 Å². The fourth-order valence-electron chi connectivity index (χ4n) is 2.33. The Labute approximate surface area is 163 Å². The molecule has 0 aliphatic rings. The van der Waals surface area contributed by atoms with Crippen molar-refractivity contribution in [1.29, 1.82) is 0 Å². The Kier molecular flexibility index (Phi) is 5.78. The molecule has 1 unspecified atom stereocenters. The second-order valence-corrected chi connectivity index (χ2v) is 7.09. The Morgan fingerprint density at radius 1 is 1.21 bits per heavy atom. The van der Waals surface area contributed by atoms with Crippen molar-refractivity contribution in [2.24, 2.45) is 0 Å². The fourth-order valence-corrected chi connectivity index (χ4v) is 3.10. The molecule has 146 valence electrons. The van der Waals surface area contributed by atoms with Crippen LogP contribution in [0.15, 0.2) is 47.6 Å². The number of nitrogens with two attached hydrogens (primary N) is 1. The summed E-state index contributed by atoms with van der Waals surface area (Å²) in [6, 6.07) is 9.92. The maximum Gasteiger partial charge on any atom is 0.237 e. The fraction of sp³-hybridized carbons (Fsp3) is 0.167. The number of rotatable bonds is 6. The van der Waals surface area contributed by atoms with Crippen LogP contribution in [0.25, 0.3) is 11.4 Å². The van der Waals surface area contributed by atoms with Gasteiger partial charge in [0.2, 0.25) is 11.1 Å². The summed E-state index contributed by atoms with van der Waals surface area (Å²) < 4.78 is 33.3. The van der Waals surface area contributed by atoms with Gasteiger partial charge in [-0.05, 0) is 43.3 Å². The first kappa shape index (κ1) is 19.6. The Bertz CT molecular complexity index is 994. The van der Waals surface area contributed by atoms with Gasteiger partial charge < -0.3 is 15.9 Å². The third-order valence-electron chi connectivity index (χ3n) is 3.85. The van der Waals surface area contributed by atoms with Gasteiger partial charge in [0.15, 0.2) is 5.82 Å². The van der Waals surface area contributed by atoms with Crippen LogP contribution in [0.4, 0.5) is 14.5 Å². The molecule has 0 saturated carbocycles. The number of hydrogen-bond donors (Lipinski definition) is 2. The molecule has 3 rings (SSSR count). The van der Waals surface area contributed by atoms with E-state index in [-0.39, 0.29) is 5.69 Å². The van der Waals surface area contributed by atoms with Crippen LogP contribution in [-0.4, -0.2) is 33.1 Å². The van der Waals surface area contributed by atoms with Crippen molar-refractivity contribution in [2.75, 3.05) is 18.3 Å². The molecule has 0 saturated heterocycles. The summed E-state index contributed by atoms with van der Waals surface area (Å²) >= 11 is 1.04. The number of carbonyl (C=O) groups is 1. The van der Waals surface area contributed by atoms with Gasteiger partial charge in [0.05, 0.1) is 18.0 Å². The zero-order valence-corrected chi connectivity index (χ0v) is 15.8. The summed E-state index contributed by atoms with van der Waals surface area (Å²) in [6.45, 7) is 1.60. The molecule has 0 fully saturated rings. The van der Waals surface area contributed by atoms with E-state index in [2.05, 4.69) is 15.5 Å². The van der Waals surface area contributed by atoms with Crippen molar-refractivity contribution in [2.45, 2.75) is 17.3 Å². The maximum absolute atomic E-state index is 13.7. The molecule has 0 bridgehead atoms. The molecule has 28 heavy (non-hydrogen) atoms. The first-order valence-electron chi connectivity index (χ1n) is 8.16. The van der Waals surface area contributed by atoms with Crippen LogP contribution in [0.5, 0.6) is 5.75 Å². The lowest BCUT2D eigenvalue weighted by Gasteiger charge is -2.12. The summed E-state index contributed by atoms with van der Waals surface area (Å²) in [6.07, 6.45) is 0. The highest BCUT2D eigenvalue weighted by Gasteiger charge is 2.21. The van der Waals surface area contributed by atoms with Crippen LogP contribution >= 0.6 is 11.8 Å².